The average Bonchev–Trinajstić information content (AvgIpc) is 3.05. The second-order valence-electron chi connectivity index (χ2n) is 13.8. The summed E-state index contributed by atoms with van der Waals surface area (Å²) in [7, 11) is 1.59. The number of carbonyl (C=O) groups excluding carboxylic acids is 2. The summed E-state index contributed by atoms with van der Waals surface area (Å²) in [6, 6.07) is 8.90. The molecule has 0 saturated heterocycles. The number of alkyl halides is 2. The van der Waals surface area contributed by atoms with E-state index in [1.54, 1.807) is 19.2 Å². The van der Waals surface area contributed by atoms with Crippen molar-refractivity contribution in [1.29, 1.82) is 5.26 Å². The number of hydrogen-bond acceptors (Lipinski definition) is 11. The number of methoxy groups -OCH3 is 1. The Kier molecular flexibility index (Phi) is 19.5. The number of halogens is 2. The minimum absolute atomic E-state index is 0.0825. The molecule has 0 radical (unpaired) electrons. The summed E-state index contributed by atoms with van der Waals surface area (Å²) < 4.78 is 16.9. The van der Waals surface area contributed by atoms with Crippen LogP contribution in [0.25, 0.3) is 0 Å². The van der Waals surface area contributed by atoms with Crippen LogP contribution in [-0.4, -0.2) is 63.7 Å². The molecule has 51 heavy (non-hydrogen) atoms. The maximum Gasteiger partial charge on any atom is 0.306 e. The molecule has 0 bridgehead atoms. The zero-order valence-corrected chi connectivity index (χ0v) is 32.4. The highest BCUT2D eigenvalue weighted by molar-refractivity contribution is 6.18. The molecule has 0 fully saturated rings. The molecule has 1 atom stereocenters. The molecule has 0 aromatic heterocycles. The fourth-order valence-corrected chi connectivity index (χ4v) is 5.99. The van der Waals surface area contributed by atoms with E-state index in [0.717, 1.165) is 37.8 Å². The zero-order chi connectivity index (χ0) is 37.8. The zero-order valence-electron chi connectivity index (χ0n) is 30.8. The number of nitriles is 1. The van der Waals surface area contributed by atoms with E-state index in [1.807, 2.05) is 6.07 Å². The lowest BCUT2D eigenvalue weighted by Gasteiger charge is -2.29. The fourth-order valence-electron chi connectivity index (χ4n) is 5.72. The van der Waals surface area contributed by atoms with Gasteiger partial charge in [-0.3, -0.25) is 20.4 Å². The molecule has 1 unspecified atom stereocenters. The summed E-state index contributed by atoms with van der Waals surface area (Å²) in [6.45, 7) is 11.4. The topological polar surface area (TPSA) is 177 Å². The van der Waals surface area contributed by atoms with Crippen molar-refractivity contribution in [3.05, 3.63) is 29.8 Å². The molecule has 0 aliphatic carbocycles. The lowest BCUT2D eigenvalue weighted by atomic mass is 9.84. The number of anilines is 6. The van der Waals surface area contributed by atoms with Crippen LogP contribution in [0, 0.1) is 22.7 Å². The van der Waals surface area contributed by atoms with E-state index in [0.29, 0.717) is 80.1 Å². The van der Waals surface area contributed by atoms with Crippen molar-refractivity contribution < 1.29 is 23.8 Å². The molecule has 0 aliphatic rings. The first-order valence-corrected chi connectivity index (χ1v) is 18.6. The van der Waals surface area contributed by atoms with Crippen LogP contribution >= 0.6 is 23.2 Å². The van der Waals surface area contributed by atoms with Gasteiger partial charge in [-0.15, -0.1) is 23.2 Å². The monoisotopic (exact) mass is 749 g/mol. The van der Waals surface area contributed by atoms with Crippen LogP contribution in [0.3, 0.4) is 0 Å². The summed E-state index contributed by atoms with van der Waals surface area (Å²) in [5, 5.41) is 12.8. The molecule has 0 aliphatic heterocycles. The van der Waals surface area contributed by atoms with E-state index in [4.69, 9.17) is 48.9 Å². The Labute approximate surface area is 313 Å². The predicted octanol–water partition coefficient (Wildman–Crippen LogP) is 7.76. The first kappa shape index (κ1) is 43.4. The van der Waals surface area contributed by atoms with Gasteiger partial charge in [0.15, 0.2) is 0 Å². The van der Waals surface area contributed by atoms with Gasteiger partial charge in [-0.25, -0.2) is 0 Å². The fraction of sp³-hybridized carbons (Fsp3) is 0.595. The summed E-state index contributed by atoms with van der Waals surface area (Å²) in [4.78, 5) is 27.5. The van der Waals surface area contributed by atoms with E-state index >= 15 is 0 Å². The van der Waals surface area contributed by atoms with Gasteiger partial charge in [-0.1, -0.05) is 27.7 Å². The smallest absolute Gasteiger partial charge is 0.306 e. The van der Waals surface area contributed by atoms with Gasteiger partial charge in [-0.2, -0.15) is 5.26 Å². The molecule has 0 saturated carbocycles. The lowest BCUT2D eigenvalue weighted by molar-refractivity contribution is -0.143. The van der Waals surface area contributed by atoms with Gasteiger partial charge in [0, 0.05) is 56.2 Å². The van der Waals surface area contributed by atoms with Gasteiger partial charge >= 0.3 is 5.97 Å². The van der Waals surface area contributed by atoms with E-state index < -0.39 is 0 Å². The van der Waals surface area contributed by atoms with Crippen LogP contribution in [0.2, 0.25) is 0 Å². The number of hydrogen-bond donors (Lipinski definition) is 5. The van der Waals surface area contributed by atoms with Crippen molar-refractivity contribution in [2.24, 2.45) is 11.3 Å². The Hall–Kier alpha value is -3.79. The van der Waals surface area contributed by atoms with E-state index in [-0.39, 0.29) is 46.8 Å². The number of benzene rings is 2. The molecule has 2 aromatic rings. The van der Waals surface area contributed by atoms with Crippen molar-refractivity contribution >= 4 is 69.2 Å². The van der Waals surface area contributed by atoms with Crippen LogP contribution < -0.4 is 37.3 Å². The number of nitrogens with zero attached hydrogens (tertiary/aromatic N) is 2. The third-order valence-corrected chi connectivity index (χ3v) is 8.29. The Morgan fingerprint density at radius 2 is 1.63 bits per heavy atom. The number of carbonyl (C=O) groups is 2. The molecular weight excluding hydrogens is 693 g/mol. The summed E-state index contributed by atoms with van der Waals surface area (Å²) >= 11 is 11.4. The van der Waals surface area contributed by atoms with E-state index in [1.165, 1.54) is 6.07 Å². The first-order chi connectivity index (χ1) is 24.3. The average molecular weight is 751 g/mol. The van der Waals surface area contributed by atoms with Crippen molar-refractivity contribution in [2.75, 3.05) is 84.3 Å². The number of amides is 1. The molecule has 2 aromatic carbocycles. The van der Waals surface area contributed by atoms with Crippen LogP contribution in [0.15, 0.2) is 24.3 Å². The van der Waals surface area contributed by atoms with E-state index in [9.17, 15) is 14.9 Å². The Balaban J connectivity index is 2.43. The maximum atomic E-state index is 13.5. The third-order valence-electron chi connectivity index (χ3n) is 7.84. The number of unbranched alkanes of at least 4 members (excludes halogenated alkanes) is 2. The van der Waals surface area contributed by atoms with Crippen LogP contribution in [0.1, 0.15) is 84.6 Å². The molecule has 2 rings (SSSR count). The van der Waals surface area contributed by atoms with Crippen molar-refractivity contribution in [2.45, 2.75) is 79.1 Å². The molecule has 1 amide bonds. The molecule has 0 heterocycles. The van der Waals surface area contributed by atoms with Crippen LogP contribution in [-0.2, 0) is 19.1 Å². The largest absolute Gasteiger partial charge is 0.495 e. The molecule has 12 nitrogen and oxygen atoms in total. The number of ether oxygens (including phenoxy) is 3. The molecule has 14 heteroatoms. The standard InChI is InChI=1S/C37H57Cl2N7O5/c1-26(24-37(2,3)4)19-34(47)43-30-22-32(33(49-5)23-31(30)44-45-36-27(25-40)20-28(41)21-29(36)42)46(14-6-8-16-50-17-10-12-38)15-7-9-18-51-35(48)11-13-39/h20-23,26,44-45H,6-19,24,41-42H2,1-5H3,(H,43,47). The number of nitrogen functional groups attached to an aromatic ring is 2. The summed E-state index contributed by atoms with van der Waals surface area (Å²) in [5.74, 6) is 1.08. The number of esters is 1. The van der Waals surface area contributed by atoms with Crippen LogP contribution in [0.4, 0.5) is 34.1 Å². The van der Waals surface area contributed by atoms with Crippen LogP contribution in [0.5, 0.6) is 5.75 Å². The van der Waals surface area contributed by atoms with E-state index in [2.05, 4.69) is 54.8 Å². The first-order valence-electron chi connectivity index (χ1n) is 17.5. The highest BCUT2D eigenvalue weighted by Gasteiger charge is 2.21. The maximum absolute atomic E-state index is 13.5. The molecule has 0 spiro atoms. The van der Waals surface area contributed by atoms with Crippen molar-refractivity contribution in [3.63, 3.8) is 0 Å². The summed E-state index contributed by atoms with van der Waals surface area (Å²) in [6.07, 6.45) is 5.31. The van der Waals surface area contributed by atoms with Gasteiger partial charge in [0.1, 0.15) is 11.8 Å². The van der Waals surface area contributed by atoms with Gasteiger partial charge in [0.05, 0.1) is 54.1 Å². The lowest BCUT2D eigenvalue weighted by Crippen LogP contribution is -2.27. The third kappa shape index (κ3) is 16.4. The Morgan fingerprint density at radius 3 is 2.25 bits per heavy atom. The predicted molar refractivity (Wildman–Crippen MR) is 210 cm³/mol. The van der Waals surface area contributed by atoms with Gasteiger partial charge in [0.2, 0.25) is 5.91 Å². The highest BCUT2D eigenvalue weighted by atomic mass is 35.5. The second-order valence-corrected chi connectivity index (χ2v) is 14.6. The number of rotatable bonds is 24. The number of nitrogens with one attached hydrogen (secondary N) is 3. The van der Waals surface area contributed by atoms with Gasteiger partial charge < -0.3 is 35.9 Å². The minimum atomic E-state index is -0.311. The SMILES string of the molecule is COc1cc(NNc2c(N)cc(N)cc2C#N)c(NC(=O)CC(C)CC(C)(C)C)cc1N(CCCCOCCCCl)CCCCOC(=O)CCCl. The molecule has 7 N–H and O–H groups in total. The van der Waals surface area contributed by atoms with Gasteiger partial charge in [0.25, 0.3) is 0 Å². The second kappa shape index (κ2) is 22.9. The van der Waals surface area contributed by atoms with Gasteiger partial charge in [-0.05, 0) is 68.1 Å². The normalized spacial score (nSPS) is 11.7. The Morgan fingerprint density at radius 1 is 0.941 bits per heavy atom. The number of hydrazine groups is 1. The van der Waals surface area contributed by atoms with Crippen molar-refractivity contribution in [3.8, 4) is 11.8 Å². The highest BCUT2D eigenvalue weighted by Crippen LogP contribution is 2.39. The summed E-state index contributed by atoms with van der Waals surface area (Å²) in [5.41, 5.74) is 21.5. The molecule has 284 valence electrons. The Bertz CT molecular complexity index is 1430. The van der Waals surface area contributed by atoms with Crippen molar-refractivity contribution in [1.82, 2.24) is 0 Å². The quantitative estimate of drug-likeness (QED) is 0.0233. The number of nitrogens with two attached hydrogens (primary N) is 2. The molecular formula is C37H57Cl2N7O5. The minimum Gasteiger partial charge on any atom is -0.495 e.